The number of nitrogens with one attached hydrogen (secondary N) is 1. The Balaban J connectivity index is 2.22. The third kappa shape index (κ3) is 3.85. The third-order valence-electron chi connectivity index (χ3n) is 2.87. The molecule has 0 saturated carbocycles. The van der Waals surface area contributed by atoms with Crippen LogP contribution in [0.4, 0.5) is 24.7 Å². The van der Waals surface area contributed by atoms with Crippen LogP contribution < -0.4 is 9.62 Å². The van der Waals surface area contributed by atoms with Gasteiger partial charge in [0.25, 0.3) is 0 Å². The van der Waals surface area contributed by atoms with Gasteiger partial charge in [-0.05, 0) is 19.1 Å². The lowest BCUT2D eigenvalue weighted by molar-refractivity contribution is -0.114. The van der Waals surface area contributed by atoms with Gasteiger partial charge in [0.05, 0.1) is 11.9 Å². The van der Waals surface area contributed by atoms with E-state index in [4.69, 9.17) is 4.52 Å². The van der Waals surface area contributed by atoms with Crippen LogP contribution in [0, 0.1) is 24.4 Å². The minimum absolute atomic E-state index is 0.143. The van der Waals surface area contributed by atoms with Gasteiger partial charge in [0, 0.05) is 6.07 Å². The predicted octanol–water partition coefficient (Wildman–Crippen LogP) is 1.81. The molecular weight excluding hydrogens is 351 g/mol. The number of hydrogen-bond donors (Lipinski definition) is 1. The van der Waals surface area contributed by atoms with E-state index in [1.54, 1.807) is 0 Å². The summed E-state index contributed by atoms with van der Waals surface area (Å²) in [5.74, 6) is -5.57. The number of hydrogen-bond acceptors (Lipinski definition) is 5. The number of anilines is 2. The van der Waals surface area contributed by atoms with Crippen LogP contribution >= 0.6 is 0 Å². The van der Waals surface area contributed by atoms with Crippen molar-refractivity contribution in [3.8, 4) is 0 Å². The second kappa shape index (κ2) is 6.51. The quantitative estimate of drug-likeness (QED) is 0.818. The van der Waals surface area contributed by atoms with E-state index >= 15 is 0 Å². The summed E-state index contributed by atoms with van der Waals surface area (Å²) in [6.07, 6.45) is 0.836. The fraction of sp³-hybridized carbons (Fsp3) is 0.231. The Morgan fingerprint density at radius 1 is 1.29 bits per heavy atom. The average Bonchev–Trinajstić information content (AvgIpc) is 2.90. The van der Waals surface area contributed by atoms with Crippen LogP contribution in [0.3, 0.4) is 0 Å². The van der Waals surface area contributed by atoms with Crippen LogP contribution in [0.15, 0.2) is 22.7 Å². The molecule has 0 aliphatic heterocycles. The molecule has 0 bridgehead atoms. The minimum Gasteiger partial charge on any atom is -0.360 e. The first-order valence-electron chi connectivity index (χ1n) is 6.44. The third-order valence-corrected chi connectivity index (χ3v) is 3.98. The Labute approximate surface area is 135 Å². The molecule has 1 heterocycles. The number of benzene rings is 1. The minimum atomic E-state index is -3.89. The monoisotopic (exact) mass is 363 g/mol. The van der Waals surface area contributed by atoms with E-state index in [2.05, 4.69) is 5.16 Å². The summed E-state index contributed by atoms with van der Waals surface area (Å²) in [5, 5.41) is 5.47. The summed E-state index contributed by atoms with van der Waals surface area (Å²) in [4.78, 5) is 11.9. The zero-order valence-electron chi connectivity index (χ0n) is 12.5. The van der Waals surface area contributed by atoms with Gasteiger partial charge in [0.2, 0.25) is 15.9 Å². The second-order valence-electron chi connectivity index (χ2n) is 4.84. The summed E-state index contributed by atoms with van der Waals surface area (Å²) < 4.78 is 68.4. The largest absolute Gasteiger partial charge is 0.360 e. The van der Waals surface area contributed by atoms with Crippen molar-refractivity contribution in [2.75, 3.05) is 22.4 Å². The smallest absolute Gasteiger partial charge is 0.245 e. The Morgan fingerprint density at radius 3 is 2.50 bits per heavy atom. The van der Waals surface area contributed by atoms with E-state index < -0.39 is 45.6 Å². The van der Waals surface area contributed by atoms with Crippen LogP contribution in [0.5, 0.6) is 0 Å². The highest BCUT2D eigenvalue weighted by molar-refractivity contribution is 7.92. The lowest BCUT2D eigenvalue weighted by atomic mass is 10.2. The van der Waals surface area contributed by atoms with Gasteiger partial charge in [-0.1, -0.05) is 5.16 Å². The first kappa shape index (κ1) is 17.8. The molecule has 0 fully saturated rings. The number of carbonyl (C=O) groups is 1. The van der Waals surface area contributed by atoms with Crippen LogP contribution in [0.1, 0.15) is 5.76 Å². The molecule has 11 heteroatoms. The van der Waals surface area contributed by atoms with Crippen LogP contribution in [0.25, 0.3) is 0 Å². The number of amides is 1. The zero-order valence-corrected chi connectivity index (χ0v) is 13.3. The molecule has 7 nitrogen and oxygen atoms in total. The molecule has 0 spiro atoms. The molecule has 0 unspecified atom stereocenters. The van der Waals surface area contributed by atoms with E-state index in [9.17, 15) is 26.4 Å². The summed E-state index contributed by atoms with van der Waals surface area (Å²) in [6.45, 7) is 0.761. The molecule has 0 atom stereocenters. The summed E-state index contributed by atoms with van der Waals surface area (Å²) in [7, 11) is -3.89. The van der Waals surface area contributed by atoms with Crippen LogP contribution in [-0.4, -0.2) is 32.3 Å². The number of rotatable bonds is 5. The molecule has 1 amide bonds. The number of carbonyl (C=O) groups excluding carboxylic acids is 1. The van der Waals surface area contributed by atoms with Crippen molar-refractivity contribution in [2.24, 2.45) is 0 Å². The van der Waals surface area contributed by atoms with Gasteiger partial charge < -0.3 is 9.84 Å². The van der Waals surface area contributed by atoms with Gasteiger partial charge in [-0.2, -0.15) is 0 Å². The maximum atomic E-state index is 13.5. The lowest BCUT2D eigenvalue weighted by Gasteiger charge is -2.18. The second-order valence-corrected chi connectivity index (χ2v) is 6.74. The SMILES string of the molecule is Cc1cc(N(CC(=O)Nc2ccc(F)c(F)c2F)S(C)(=O)=O)no1. The molecule has 0 saturated heterocycles. The first-order valence-corrected chi connectivity index (χ1v) is 8.29. The van der Waals surface area contributed by atoms with E-state index in [0.717, 1.165) is 12.3 Å². The first-order chi connectivity index (χ1) is 11.1. The van der Waals surface area contributed by atoms with Gasteiger partial charge in [-0.15, -0.1) is 0 Å². The molecule has 2 aromatic rings. The van der Waals surface area contributed by atoms with E-state index in [1.807, 2.05) is 5.32 Å². The maximum absolute atomic E-state index is 13.5. The Kier molecular flexibility index (Phi) is 4.83. The molecule has 130 valence electrons. The van der Waals surface area contributed by atoms with Crippen molar-refractivity contribution in [2.45, 2.75) is 6.92 Å². The molecule has 2 rings (SSSR count). The molecule has 0 aliphatic rings. The molecule has 24 heavy (non-hydrogen) atoms. The number of sulfonamides is 1. The van der Waals surface area contributed by atoms with Crippen molar-refractivity contribution in [1.82, 2.24) is 5.16 Å². The van der Waals surface area contributed by atoms with E-state index in [1.165, 1.54) is 13.0 Å². The van der Waals surface area contributed by atoms with E-state index in [0.29, 0.717) is 16.1 Å². The van der Waals surface area contributed by atoms with Crippen molar-refractivity contribution >= 4 is 27.4 Å². The number of aryl methyl sites for hydroxylation is 1. The van der Waals surface area contributed by atoms with Crippen molar-refractivity contribution < 1.29 is 30.9 Å². The lowest BCUT2D eigenvalue weighted by Crippen LogP contribution is -2.37. The topological polar surface area (TPSA) is 92.5 Å². The summed E-state index contributed by atoms with van der Waals surface area (Å²) >= 11 is 0. The number of nitrogens with zero attached hydrogens (tertiary/aromatic N) is 2. The maximum Gasteiger partial charge on any atom is 0.245 e. The van der Waals surface area contributed by atoms with Crippen molar-refractivity contribution in [3.05, 3.63) is 41.4 Å². The van der Waals surface area contributed by atoms with Crippen LogP contribution in [-0.2, 0) is 14.8 Å². The highest BCUT2D eigenvalue weighted by atomic mass is 32.2. The normalized spacial score (nSPS) is 11.4. The Hall–Kier alpha value is -2.56. The molecule has 0 radical (unpaired) electrons. The van der Waals surface area contributed by atoms with Gasteiger partial charge >= 0.3 is 0 Å². The van der Waals surface area contributed by atoms with Gasteiger partial charge in [0.15, 0.2) is 23.3 Å². The molecule has 1 aromatic heterocycles. The Bertz CT molecular complexity index is 883. The van der Waals surface area contributed by atoms with Gasteiger partial charge in [-0.3, -0.25) is 4.79 Å². The van der Waals surface area contributed by atoms with Gasteiger partial charge in [-0.25, -0.2) is 25.9 Å². The molecule has 1 aromatic carbocycles. The summed E-state index contributed by atoms with van der Waals surface area (Å²) in [6, 6.07) is 2.73. The summed E-state index contributed by atoms with van der Waals surface area (Å²) in [5.41, 5.74) is -0.622. The van der Waals surface area contributed by atoms with Crippen molar-refractivity contribution in [3.63, 3.8) is 0 Å². The van der Waals surface area contributed by atoms with Crippen LogP contribution in [0.2, 0.25) is 0 Å². The fourth-order valence-electron chi connectivity index (χ4n) is 1.78. The zero-order chi connectivity index (χ0) is 18.1. The molecule has 1 N–H and O–H groups in total. The fourth-order valence-corrected chi connectivity index (χ4v) is 2.56. The average molecular weight is 363 g/mol. The predicted molar refractivity (Wildman–Crippen MR) is 78.4 cm³/mol. The standard InChI is InChI=1S/C13H12F3N3O4S/c1-7-5-10(18-23-7)19(24(2,21)22)6-11(20)17-9-4-3-8(14)12(15)13(9)16/h3-5H,6H2,1-2H3,(H,17,20). The highest BCUT2D eigenvalue weighted by Gasteiger charge is 2.24. The number of aromatic nitrogens is 1. The highest BCUT2D eigenvalue weighted by Crippen LogP contribution is 2.21. The molecule has 0 aliphatic carbocycles. The van der Waals surface area contributed by atoms with Crippen molar-refractivity contribution in [1.29, 1.82) is 0 Å². The van der Waals surface area contributed by atoms with E-state index in [-0.39, 0.29) is 5.82 Å². The number of halogens is 3. The Morgan fingerprint density at radius 2 is 1.96 bits per heavy atom. The van der Waals surface area contributed by atoms with Gasteiger partial charge in [0.1, 0.15) is 12.3 Å². The molecular formula is C13H12F3N3O4S.